The molecule has 7 atom stereocenters. The van der Waals surface area contributed by atoms with Gasteiger partial charge in [-0.2, -0.15) is 0 Å². The minimum atomic E-state index is -4.47. The molecule has 54 heavy (non-hydrogen) atoms. The molecule has 0 amide bonds. The predicted octanol–water partition coefficient (Wildman–Crippen LogP) is 7.76. The maximum atomic E-state index is 12.7. The lowest BCUT2D eigenvalue weighted by Gasteiger charge is -2.20. The average Bonchev–Trinajstić information content (AvgIpc) is 3.41. The molecule has 0 aromatic carbocycles. The van der Waals surface area contributed by atoms with Crippen molar-refractivity contribution in [3.8, 4) is 0 Å². The van der Waals surface area contributed by atoms with E-state index in [4.69, 9.17) is 24.3 Å². The van der Waals surface area contributed by atoms with E-state index in [0.717, 1.165) is 44.9 Å². The van der Waals surface area contributed by atoms with E-state index in [1.54, 1.807) is 24.3 Å². The highest BCUT2D eigenvalue weighted by molar-refractivity contribution is 7.47. The second-order valence-electron chi connectivity index (χ2n) is 14.5. The number of allylic oxidation sites excluding steroid dienone is 3. The number of carbonyl (C=O) groups excluding carboxylic acids is 2. The maximum Gasteiger partial charge on any atom is 0.472 e. The second-order valence-corrected chi connectivity index (χ2v) is 15.9. The Morgan fingerprint density at radius 1 is 0.796 bits per heavy atom. The monoisotopic (exact) mass is 787 g/mol. The first-order valence-corrected chi connectivity index (χ1v) is 22.2. The highest BCUT2D eigenvalue weighted by Gasteiger charge is 2.39. The summed E-state index contributed by atoms with van der Waals surface area (Å²) < 4.78 is 32.7. The topological polar surface area (TPSA) is 195 Å². The molecular weight excluding hydrogens is 713 g/mol. The van der Waals surface area contributed by atoms with E-state index in [1.165, 1.54) is 51.4 Å². The van der Waals surface area contributed by atoms with Crippen LogP contribution in [-0.4, -0.2) is 82.9 Å². The van der Waals surface area contributed by atoms with Gasteiger partial charge in [-0.25, -0.2) is 4.57 Å². The summed E-state index contributed by atoms with van der Waals surface area (Å²) >= 11 is 0. The van der Waals surface area contributed by atoms with E-state index in [-0.39, 0.29) is 50.9 Å². The van der Waals surface area contributed by atoms with Gasteiger partial charge in [0.1, 0.15) is 6.61 Å². The fourth-order valence-electron chi connectivity index (χ4n) is 6.43. The molecule has 12 nitrogen and oxygen atoms in total. The number of aliphatic hydroxyl groups excluding tert-OH is 3. The van der Waals surface area contributed by atoms with Gasteiger partial charge in [-0.05, 0) is 50.9 Å². The fraction of sp³-hybridized carbons (Fsp3) is 0.805. The Morgan fingerprint density at radius 3 is 2.09 bits per heavy atom. The fourth-order valence-corrected chi connectivity index (χ4v) is 7.19. The molecule has 314 valence electrons. The van der Waals surface area contributed by atoms with Crippen LogP contribution in [0, 0.1) is 11.8 Å². The van der Waals surface area contributed by atoms with Crippen molar-refractivity contribution >= 4 is 19.8 Å². The lowest BCUT2D eigenvalue weighted by molar-refractivity contribution is -0.160. The van der Waals surface area contributed by atoms with Gasteiger partial charge >= 0.3 is 19.8 Å². The normalized spacial score (nSPS) is 21.2. The van der Waals surface area contributed by atoms with Gasteiger partial charge in [-0.3, -0.25) is 18.6 Å². The molecule has 0 radical (unpaired) electrons. The molecule has 6 N–H and O–H groups in total. The first-order valence-electron chi connectivity index (χ1n) is 20.7. The number of hydrogen-bond donors (Lipinski definition) is 5. The third-order valence-corrected chi connectivity index (χ3v) is 10.6. The van der Waals surface area contributed by atoms with Crippen LogP contribution in [0.4, 0.5) is 0 Å². The van der Waals surface area contributed by atoms with Crippen LogP contribution in [0.2, 0.25) is 0 Å². The first-order chi connectivity index (χ1) is 26.0. The van der Waals surface area contributed by atoms with Crippen LogP contribution >= 0.6 is 7.82 Å². The van der Waals surface area contributed by atoms with Crippen molar-refractivity contribution in [3.05, 3.63) is 36.5 Å². The molecule has 1 rings (SSSR count). The maximum absolute atomic E-state index is 12.7. The van der Waals surface area contributed by atoms with E-state index < -0.39 is 50.8 Å². The number of nitrogens with two attached hydrogens (primary N) is 1. The molecule has 0 aliphatic heterocycles. The quantitative estimate of drug-likeness (QED) is 0.0184. The predicted molar refractivity (Wildman–Crippen MR) is 212 cm³/mol. The van der Waals surface area contributed by atoms with Crippen LogP contribution in [0.25, 0.3) is 0 Å². The number of aliphatic hydroxyl groups is 3. The standard InChI is InChI=1S/C41H74NO11P/c1-3-5-7-8-9-10-11-12-13-14-15-16-17-18-20-25-40(46)50-32-35(33-52-54(48,49)51-30-29-42)53-41(47)26-22-21-24-36-37(39(45)31-38(36)44)28-27-34(43)23-19-6-4-2/h10-11,21-22,27-28,34-39,43-45H,3-9,12-20,23-26,29-33,42H2,1-2H3,(H,48,49)/b11-10-,22-21-,28-27+/t34-,35-,36+,37-,38+,39-/m1/s1. The molecule has 0 spiro atoms. The van der Waals surface area contributed by atoms with Gasteiger partial charge < -0.3 is 35.4 Å². The Morgan fingerprint density at radius 2 is 1.43 bits per heavy atom. The second kappa shape index (κ2) is 32.2. The zero-order chi connectivity index (χ0) is 39.9. The van der Waals surface area contributed by atoms with Crippen LogP contribution in [-0.2, 0) is 32.7 Å². The SMILES string of the molecule is CCCCCC/C=C\CCCCCCCCCC(=O)OC[C@H](COP(=O)(O)OCCN)OC(=O)C/C=C\C[C@H]1[C@@H](/C=C/[C@H](O)CCCCC)[C@H](O)C[C@@H]1O. The molecule has 0 aromatic rings. The van der Waals surface area contributed by atoms with E-state index in [1.807, 2.05) is 0 Å². The molecule has 1 aliphatic rings. The first kappa shape index (κ1) is 50.1. The summed E-state index contributed by atoms with van der Waals surface area (Å²) in [6.45, 7) is 3.22. The third-order valence-electron chi connectivity index (χ3n) is 9.60. The minimum absolute atomic E-state index is 0.00204. The Labute approximate surface area is 325 Å². The summed E-state index contributed by atoms with van der Waals surface area (Å²) in [6.07, 6.45) is 27.3. The number of hydrogen-bond acceptors (Lipinski definition) is 11. The van der Waals surface area contributed by atoms with Crippen molar-refractivity contribution in [2.24, 2.45) is 17.6 Å². The average molecular weight is 788 g/mol. The summed E-state index contributed by atoms with van der Waals surface area (Å²) in [6, 6.07) is 0. The lowest BCUT2D eigenvalue weighted by Crippen LogP contribution is -2.29. The Balaban J connectivity index is 2.49. The smallest absolute Gasteiger partial charge is 0.462 e. The summed E-state index contributed by atoms with van der Waals surface area (Å²) in [5, 5.41) is 31.3. The highest BCUT2D eigenvalue weighted by atomic mass is 31.2. The number of carbonyl (C=O) groups is 2. The minimum Gasteiger partial charge on any atom is -0.462 e. The van der Waals surface area contributed by atoms with Gasteiger partial charge in [-0.15, -0.1) is 0 Å². The van der Waals surface area contributed by atoms with Gasteiger partial charge in [0.25, 0.3) is 0 Å². The number of phosphoric acid groups is 1. The Bertz CT molecular complexity index is 1100. The summed E-state index contributed by atoms with van der Waals surface area (Å²) in [5.74, 6) is -1.76. The van der Waals surface area contributed by atoms with Crippen molar-refractivity contribution in [1.82, 2.24) is 0 Å². The molecule has 1 unspecified atom stereocenters. The van der Waals surface area contributed by atoms with Crippen LogP contribution in [0.15, 0.2) is 36.5 Å². The van der Waals surface area contributed by atoms with Gasteiger partial charge in [0.05, 0.1) is 37.9 Å². The molecule has 1 saturated carbocycles. The molecule has 13 heteroatoms. The van der Waals surface area contributed by atoms with Crippen LogP contribution in [0.3, 0.4) is 0 Å². The highest BCUT2D eigenvalue weighted by Crippen LogP contribution is 2.43. The zero-order valence-corrected chi connectivity index (χ0v) is 34.2. The van der Waals surface area contributed by atoms with Crippen molar-refractivity contribution in [2.45, 2.75) is 173 Å². The largest absolute Gasteiger partial charge is 0.472 e. The van der Waals surface area contributed by atoms with Gasteiger partial charge in [0.2, 0.25) is 0 Å². The number of ether oxygens (including phenoxy) is 2. The number of rotatable bonds is 34. The molecule has 1 fully saturated rings. The summed E-state index contributed by atoms with van der Waals surface area (Å²) in [4.78, 5) is 35.0. The van der Waals surface area contributed by atoms with Gasteiger partial charge in [-0.1, -0.05) is 121 Å². The van der Waals surface area contributed by atoms with Crippen LogP contribution in [0.5, 0.6) is 0 Å². The van der Waals surface area contributed by atoms with Crippen molar-refractivity contribution in [2.75, 3.05) is 26.4 Å². The van der Waals surface area contributed by atoms with Gasteiger partial charge in [0.15, 0.2) is 6.10 Å². The molecule has 0 heterocycles. The zero-order valence-electron chi connectivity index (χ0n) is 33.3. The molecule has 0 bridgehead atoms. The van der Waals surface area contributed by atoms with Crippen molar-refractivity contribution in [3.63, 3.8) is 0 Å². The van der Waals surface area contributed by atoms with Crippen molar-refractivity contribution in [1.29, 1.82) is 0 Å². The summed E-state index contributed by atoms with van der Waals surface area (Å²) in [5.41, 5.74) is 5.33. The van der Waals surface area contributed by atoms with E-state index in [2.05, 4.69) is 26.0 Å². The van der Waals surface area contributed by atoms with Gasteiger partial charge in [0, 0.05) is 25.3 Å². The summed E-state index contributed by atoms with van der Waals surface area (Å²) in [7, 11) is -4.47. The Kier molecular flexibility index (Phi) is 29.9. The van der Waals surface area contributed by atoms with E-state index in [9.17, 15) is 34.4 Å². The number of esters is 2. The molecular formula is C41H74NO11P. The molecule has 0 saturated heterocycles. The van der Waals surface area contributed by atoms with E-state index >= 15 is 0 Å². The van der Waals surface area contributed by atoms with Crippen LogP contribution in [0.1, 0.15) is 149 Å². The third kappa shape index (κ3) is 26.1. The number of phosphoric ester groups is 1. The number of unbranched alkanes of at least 4 members (excludes halogenated alkanes) is 13. The van der Waals surface area contributed by atoms with E-state index in [0.29, 0.717) is 19.3 Å². The molecule has 0 aromatic heterocycles. The van der Waals surface area contributed by atoms with Crippen molar-refractivity contribution < 1.29 is 52.9 Å². The van der Waals surface area contributed by atoms with Crippen LogP contribution < -0.4 is 5.73 Å². The lowest BCUT2D eigenvalue weighted by atomic mass is 9.89. The molecule has 1 aliphatic carbocycles. The Hall–Kier alpha value is -1.89.